The highest BCUT2D eigenvalue weighted by atomic mass is 16.5. The van der Waals surface area contributed by atoms with Crippen LogP contribution in [0.1, 0.15) is 16.7 Å². The fourth-order valence-corrected chi connectivity index (χ4v) is 2.17. The van der Waals surface area contributed by atoms with Crippen LogP contribution in [0, 0.1) is 18.3 Å². The van der Waals surface area contributed by atoms with Gasteiger partial charge in [0, 0.05) is 5.56 Å². The van der Waals surface area contributed by atoms with E-state index in [-0.39, 0.29) is 0 Å². The quantitative estimate of drug-likeness (QED) is 0.682. The van der Waals surface area contributed by atoms with Crippen LogP contribution in [-0.4, -0.2) is 0 Å². The van der Waals surface area contributed by atoms with Gasteiger partial charge in [-0.1, -0.05) is 18.2 Å². The number of hydrogen-bond acceptors (Lipinski definition) is 2. The molecular formula is C15H11NO. The van der Waals surface area contributed by atoms with Crippen LogP contribution in [0.3, 0.4) is 0 Å². The second kappa shape index (κ2) is 3.64. The molecule has 2 heteroatoms. The smallest absolute Gasteiger partial charge is 0.127 e. The number of ether oxygens (including phenoxy) is 1. The molecule has 0 aliphatic carbocycles. The van der Waals surface area contributed by atoms with E-state index in [1.54, 1.807) is 0 Å². The molecule has 82 valence electrons. The van der Waals surface area contributed by atoms with E-state index < -0.39 is 0 Å². The van der Waals surface area contributed by atoms with Gasteiger partial charge in [0.25, 0.3) is 0 Å². The second-order valence-electron chi connectivity index (χ2n) is 4.27. The van der Waals surface area contributed by atoms with E-state index in [1.165, 1.54) is 11.1 Å². The van der Waals surface area contributed by atoms with E-state index in [9.17, 15) is 0 Å². The Kier molecular flexibility index (Phi) is 2.12. The average molecular weight is 221 g/mol. The monoisotopic (exact) mass is 221 g/mol. The van der Waals surface area contributed by atoms with Crippen molar-refractivity contribution in [2.24, 2.45) is 0 Å². The molecule has 0 unspecified atom stereocenters. The van der Waals surface area contributed by atoms with E-state index in [0.29, 0.717) is 12.2 Å². The summed E-state index contributed by atoms with van der Waals surface area (Å²) in [4.78, 5) is 0. The Balaban J connectivity index is 2.21. The van der Waals surface area contributed by atoms with E-state index in [2.05, 4.69) is 31.2 Å². The fraction of sp³-hybridized carbons (Fsp3) is 0.133. The summed E-state index contributed by atoms with van der Waals surface area (Å²) in [6, 6.07) is 14.1. The first-order valence-electron chi connectivity index (χ1n) is 5.55. The third-order valence-corrected chi connectivity index (χ3v) is 3.04. The zero-order valence-electron chi connectivity index (χ0n) is 9.53. The third kappa shape index (κ3) is 1.57. The van der Waals surface area contributed by atoms with E-state index in [0.717, 1.165) is 16.9 Å². The highest BCUT2D eigenvalue weighted by molar-refractivity contribution is 5.76. The van der Waals surface area contributed by atoms with Crippen molar-refractivity contribution in [2.75, 3.05) is 0 Å². The number of nitrogens with zero attached hydrogens (tertiary/aromatic N) is 1. The second-order valence-corrected chi connectivity index (χ2v) is 4.27. The Bertz CT molecular complexity index is 638. The molecular weight excluding hydrogens is 210 g/mol. The molecule has 2 aromatic carbocycles. The summed E-state index contributed by atoms with van der Waals surface area (Å²) in [5, 5.41) is 8.88. The summed E-state index contributed by atoms with van der Waals surface area (Å²) in [5.74, 6) is 0.933. The van der Waals surface area contributed by atoms with Crippen LogP contribution >= 0.6 is 0 Å². The van der Waals surface area contributed by atoms with Crippen molar-refractivity contribution in [3.8, 4) is 22.9 Å². The first kappa shape index (κ1) is 9.92. The first-order chi connectivity index (χ1) is 8.28. The minimum atomic E-state index is 0.543. The molecule has 2 nitrogen and oxygen atoms in total. The van der Waals surface area contributed by atoms with Crippen LogP contribution in [0.4, 0.5) is 0 Å². The summed E-state index contributed by atoms with van der Waals surface area (Å²) >= 11 is 0. The van der Waals surface area contributed by atoms with Crippen LogP contribution in [0.2, 0.25) is 0 Å². The van der Waals surface area contributed by atoms with Gasteiger partial charge in [-0.2, -0.15) is 5.26 Å². The van der Waals surface area contributed by atoms with Gasteiger partial charge in [0.05, 0.1) is 11.6 Å². The molecule has 0 fully saturated rings. The molecule has 0 aromatic heterocycles. The molecule has 3 rings (SSSR count). The zero-order chi connectivity index (χ0) is 11.8. The van der Waals surface area contributed by atoms with Crippen molar-refractivity contribution in [3.63, 3.8) is 0 Å². The maximum absolute atomic E-state index is 8.88. The highest BCUT2D eigenvalue weighted by Crippen LogP contribution is 2.38. The van der Waals surface area contributed by atoms with Crippen molar-refractivity contribution in [1.82, 2.24) is 0 Å². The van der Waals surface area contributed by atoms with Gasteiger partial charge in [0.15, 0.2) is 0 Å². The van der Waals surface area contributed by atoms with Gasteiger partial charge in [0.2, 0.25) is 0 Å². The summed E-state index contributed by atoms with van der Waals surface area (Å²) in [6.45, 7) is 2.60. The maximum atomic E-state index is 8.88. The lowest BCUT2D eigenvalue weighted by Crippen LogP contribution is -2.05. The molecule has 0 amide bonds. The van der Waals surface area contributed by atoms with Gasteiger partial charge in [-0.3, -0.25) is 0 Å². The van der Waals surface area contributed by atoms with Gasteiger partial charge in [-0.05, 0) is 41.8 Å². The molecule has 2 aromatic rings. The number of benzene rings is 2. The van der Waals surface area contributed by atoms with Crippen LogP contribution < -0.4 is 4.74 Å². The number of aryl methyl sites for hydroxylation is 1. The van der Waals surface area contributed by atoms with E-state index in [4.69, 9.17) is 10.00 Å². The topological polar surface area (TPSA) is 33.0 Å². The molecule has 1 heterocycles. The van der Waals surface area contributed by atoms with Crippen LogP contribution in [0.15, 0.2) is 36.4 Å². The maximum Gasteiger partial charge on any atom is 0.127 e. The van der Waals surface area contributed by atoms with Gasteiger partial charge in [0.1, 0.15) is 12.4 Å². The standard InChI is InChI=1S/C15H11NO/c1-10-2-4-14-13-5-3-11(8-16)7-12(13)9-17-15(14)6-10/h2-7H,9H2,1H3. The molecule has 1 aliphatic heterocycles. The third-order valence-electron chi connectivity index (χ3n) is 3.04. The lowest BCUT2D eigenvalue weighted by Gasteiger charge is -2.21. The van der Waals surface area contributed by atoms with E-state index in [1.807, 2.05) is 18.2 Å². The van der Waals surface area contributed by atoms with Gasteiger partial charge in [-0.15, -0.1) is 0 Å². The van der Waals surface area contributed by atoms with Crippen LogP contribution in [-0.2, 0) is 6.61 Å². The van der Waals surface area contributed by atoms with Gasteiger partial charge >= 0.3 is 0 Å². The van der Waals surface area contributed by atoms with E-state index >= 15 is 0 Å². The molecule has 17 heavy (non-hydrogen) atoms. The number of nitriles is 1. The molecule has 0 atom stereocenters. The zero-order valence-corrected chi connectivity index (χ0v) is 9.53. The molecule has 0 saturated heterocycles. The lowest BCUT2D eigenvalue weighted by molar-refractivity contribution is 0.302. The Labute approximate surface area is 100 Å². The van der Waals surface area contributed by atoms with Crippen molar-refractivity contribution in [2.45, 2.75) is 13.5 Å². The number of rotatable bonds is 0. The molecule has 0 bridgehead atoms. The average Bonchev–Trinajstić information content (AvgIpc) is 2.37. The van der Waals surface area contributed by atoms with Crippen molar-refractivity contribution >= 4 is 0 Å². The summed E-state index contributed by atoms with van der Waals surface area (Å²) in [6.07, 6.45) is 0. The normalized spacial score (nSPS) is 12.0. The Hall–Kier alpha value is -2.27. The van der Waals surface area contributed by atoms with Crippen LogP contribution in [0.5, 0.6) is 5.75 Å². The van der Waals surface area contributed by atoms with Crippen molar-refractivity contribution in [3.05, 3.63) is 53.1 Å². The lowest BCUT2D eigenvalue weighted by atomic mass is 9.95. The molecule has 0 spiro atoms. The van der Waals surface area contributed by atoms with Crippen LogP contribution in [0.25, 0.3) is 11.1 Å². The summed E-state index contributed by atoms with van der Waals surface area (Å²) < 4.78 is 5.72. The number of fused-ring (bicyclic) bond motifs is 3. The fourth-order valence-electron chi connectivity index (χ4n) is 2.17. The first-order valence-corrected chi connectivity index (χ1v) is 5.55. The predicted octanol–water partition coefficient (Wildman–Crippen LogP) is 3.43. The largest absolute Gasteiger partial charge is 0.488 e. The Morgan fingerprint density at radius 3 is 2.76 bits per heavy atom. The molecule has 0 N–H and O–H groups in total. The molecule has 0 saturated carbocycles. The van der Waals surface area contributed by atoms with Gasteiger partial charge < -0.3 is 4.74 Å². The highest BCUT2D eigenvalue weighted by Gasteiger charge is 2.17. The Morgan fingerprint density at radius 1 is 1.12 bits per heavy atom. The SMILES string of the molecule is Cc1ccc2c(c1)OCc1cc(C#N)ccc1-2. The summed E-state index contributed by atoms with van der Waals surface area (Å²) in [5.41, 5.74) is 5.25. The van der Waals surface area contributed by atoms with Crippen molar-refractivity contribution < 1.29 is 4.74 Å². The molecule has 0 radical (unpaired) electrons. The minimum absolute atomic E-state index is 0.543. The van der Waals surface area contributed by atoms with Crippen molar-refractivity contribution in [1.29, 1.82) is 5.26 Å². The summed E-state index contributed by atoms with van der Waals surface area (Å²) in [7, 11) is 0. The number of hydrogen-bond donors (Lipinski definition) is 0. The minimum Gasteiger partial charge on any atom is -0.488 e. The molecule has 1 aliphatic rings. The Morgan fingerprint density at radius 2 is 1.94 bits per heavy atom. The predicted molar refractivity (Wildman–Crippen MR) is 65.7 cm³/mol. The van der Waals surface area contributed by atoms with Gasteiger partial charge in [-0.25, -0.2) is 0 Å².